The van der Waals surface area contributed by atoms with E-state index in [0.29, 0.717) is 19.6 Å². The summed E-state index contributed by atoms with van der Waals surface area (Å²) in [6.07, 6.45) is 2.62. The summed E-state index contributed by atoms with van der Waals surface area (Å²) in [7, 11) is 2.00. The van der Waals surface area contributed by atoms with Crippen LogP contribution in [0.4, 0.5) is 0 Å². The highest BCUT2D eigenvalue weighted by Crippen LogP contribution is 2.13. The van der Waals surface area contributed by atoms with Gasteiger partial charge in [-0.05, 0) is 26.8 Å². The quantitative estimate of drug-likeness (QED) is 0.681. The summed E-state index contributed by atoms with van der Waals surface area (Å²) in [5, 5.41) is 3.30. The number of thiazole rings is 1. The van der Waals surface area contributed by atoms with E-state index < -0.39 is 0 Å². The Morgan fingerprint density at radius 3 is 2.94 bits per heavy atom. The molecule has 0 radical (unpaired) electrons. The first-order chi connectivity index (χ1) is 8.65. The maximum atomic E-state index is 11.2. The van der Waals surface area contributed by atoms with Gasteiger partial charge < -0.3 is 4.74 Å². The van der Waals surface area contributed by atoms with E-state index in [2.05, 4.69) is 22.2 Å². The highest BCUT2D eigenvalue weighted by atomic mass is 32.1. The predicted molar refractivity (Wildman–Crippen MR) is 73.7 cm³/mol. The maximum absolute atomic E-state index is 11.2. The lowest BCUT2D eigenvalue weighted by Gasteiger charge is -2.14. The average Bonchev–Trinajstić information content (AvgIpc) is 2.75. The van der Waals surface area contributed by atoms with Gasteiger partial charge in [0.05, 0.1) is 23.7 Å². The van der Waals surface area contributed by atoms with Crippen molar-refractivity contribution in [2.45, 2.75) is 39.7 Å². The van der Waals surface area contributed by atoms with Gasteiger partial charge in [-0.2, -0.15) is 0 Å². The molecule has 1 heterocycles. The molecule has 0 spiro atoms. The SMILES string of the molecule is CCCc1nc(CN(C)CCC(=O)OCC)cs1. The monoisotopic (exact) mass is 270 g/mol. The summed E-state index contributed by atoms with van der Waals surface area (Å²) in [4.78, 5) is 17.9. The molecule has 0 N–H and O–H groups in total. The first-order valence-electron chi connectivity index (χ1n) is 6.43. The van der Waals surface area contributed by atoms with Crippen LogP contribution in [0.1, 0.15) is 37.4 Å². The Morgan fingerprint density at radius 2 is 2.28 bits per heavy atom. The number of carbonyl (C=O) groups is 1. The van der Waals surface area contributed by atoms with Crippen LogP contribution in [0, 0.1) is 0 Å². The van der Waals surface area contributed by atoms with Crippen LogP contribution in [0.15, 0.2) is 5.38 Å². The minimum Gasteiger partial charge on any atom is -0.466 e. The standard InChI is InChI=1S/C13H22N2O2S/c1-4-6-12-14-11(10-18-12)9-15(3)8-7-13(16)17-5-2/h10H,4-9H2,1-3H3. The van der Waals surface area contributed by atoms with Crippen LogP contribution in [0.3, 0.4) is 0 Å². The van der Waals surface area contributed by atoms with Crippen molar-refractivity contribution in [2.24, 2.45) is 0 Å². The van der Waals surface area contributed by atoms with Gasteiger partial charge in [0.15, 0.2) is 0 Å². The Labute approximate surface area is 113 Å². The van der Waals surface area contributed by atoms with Crippen molar-refractivity contribution in [3.05, 3.63) is 16.1 Å². The van der Waals surface area contributed by atoms with Crippen LogP contribution in [0.2, 0.25) is 0 Å². The van der Waals surface area contributed by atoms with E-state index in [1.165, 1.54) is 5.01 Å². The molecule has 4 nitrogen and oxygen atoms in total. The topological polar surface area (TPSA) is 42.4 Å². The molecule has 1 aromatic rings. The molecule has 0 fully saturated rings. The van der Waals surface area contributed by atoms with Crippen molar-refractivity contribution in [3.8, 4) is 0 Å². The van der Waals surface area contributed by atoms with E-state index in [0.717, 1.165) is 25.1 Å². The molecule has 0 atom stereocenters. The fourth-order valence-electron chi connectivity index (χ4n) is 1.62. The van der Waals surface area contributed by atoms with E-state index in [9.17, 15) is 4.79 Å². The predicted octanol–water partition coefficient (Wildman–Crippen LogP) is 2.48. The zero-order chi connectivity index (χ0) is 13.4. The smallest absolute Gasteiger partial charge is 0.307 e. The molecule has 102 valence electrons. The fourth-order valence-corrected chi connectivity index (χ4v) is 2.51. The molecule has 0 saturated carbocycles. The average molecular weight is 270 g/mol. The van der Waals surface area contributed by atoms with Crippen molar-refractivity contribution in [3.63, 3.8) is 0 Å². The third kappa shape index (κ3) is 5.60. The summed E-state index contributed by atoms with van der Waals surface area (Å²) in [5.41, 5.74) is 1.09. The van der Waals surface area contributed by atoms with Crippen molar-refractivity contribution in [1.29, 1.82) is 0 Å². The Balaban J connectivity index is 2.30. The minimum atomic E-state index is -0.130. The number of nitrogens with zero attached hydrogens (tertiary/aromatic N) is 2. The van der Waals surface area contributed by atoms with Crippen molar-refractivity contribution in [2.75, 3.05) is 20.2 Å². The first-order valence-corrected chi connectivity index (χ1v) is 7.31. The van der Waals surface area contributed by atoms with Crippen molar-refractivity contribution < 1.29 is 9.53 Å². The molecule has 0 aliphatic rings. The number of hydrogen-bond acceptors (Lipinski definition) is 5. The second-order valence-corrected chi connectivity index (χ2v) is 5.22. The van der Waals surface area contributed by atoms with Gasteiger partial charge in [-0.15, -0.1) is 11.3 Å². The molecule has 0 amide bonds. The van der Waals surface area contributed by atoms with E-state index in [1.807, 2.05) is 14.0 Å². The van der Waals surface area contributed by atoms with Gasteiger partial charge in [0.25, 0.3) is 0 Å². The molecule has 18 heavy (non-hydrogen) atoms. The Morgan fingerprint density at radius 1 is 1.50 bits per heavy atom. The molecule has 0 aromatic carbocycles. The molecule has 0 saturated heterocycles. The van der Waals surface area contributed by atoms with Crippen LogP contribution >= 0.6 is 11.3 Å². The maximum Gasteiger partial charge on any atom is 0.307 e. The normalized spacial score (nSPS) is 10.9. The van der Waals surface area contributed by atoms with E-state index in [4.69, 9.17) is 4.74 Å². The Kier molecular flexibility index (Phi) is 6.90. The third-order valence-corrected chi connectivity index (χ3v) is 3.46. The summed E-state index contributed by atoms with van der Waals surface area (Å²) in [6.45, 7) is 5.94. The highest BCUT2D eigenvalue weighted by Gasteiger charge is 2.08. The Bertz CT molecular complexity index is 366. The lowest BCUT2D eigenvalue weighted by atomic mass is 10.3. The fraction of sp³-hybridized carbons (Fsp3) is 0.692. The van der Waals surface area contributed by atoms with Gasteiger partial charge >= 0.3 is 5.97 Å². The number of carbonyl (C=O) groups excluding carboxylic acids is 1. The summed E-state index contributed by atoms with van der Waals surface area (Å²) in [6, 6.07) is 0. The largest absolute Gasteiger partial charge is 0.466 e. The zero-order valence-electron chi connectivity index (χ0n) is 11.4. The molecule has 1 rings (SSSR count). The Hall–Kier alpha value is -0.940. The van der Waals surface area contributed by atoms with Crippen LogP contribution in [0.5, 0.6) is 0 Å². The molecular weight excluding hydrogens is 248 g/mol. The zero-order valence-corrected chi connectivity index (χ0v) is 12.3. The molecule has 0 aliphatic heterocycles. The van der Waals surface area contributed by atoms with Crippen LogP contribution in [-0.2, 0) is 22.5 Å². The van der Waals surface area contributed by atoms with Gasteiger partial charge in [-0.3, -0.25) is 9.69 Å². The number of hydrogen-bond donors (Lipinski definition) is 0. The molecule has 1 aromatic heterocycles. The lowest BCUT2D eigenvalue weighted by Crippen LogP contribution is -2.22. The van der Waals surface area contributed by atoms with Crippen molar-refractivity contribution in [1.82, 2.24) is 9.88 Å². The minimum absolute atomic E-state index is 0.130. The molecule has 0 bridgehead atoms. The van der Waals surface area contributed by atoms with Gasteiger partial charge in [-0.25, -0.2) is 4.98 Å². The highest BCUT2D eigenvalue weighted by molar-refractivity contribution is 7.09. The number of esters is 1. The second-order valence-electron chi connectivity index (χ2n) is 4.28. The summed E-state index contributed by atoms with van der Waals surface area (Å²) < 4.78 is 4.90. The number of ether oxygens (including phenoxy) is 1. The molecular formula is C13H22N2O2S. The summed E-state index contributed by atoms with van der Waals surface area (Å²) in [5.74, 6) is -0.130. The molecule has 5 heteroatoms. The number of aromatic nitrogens is 1. The van der Waals surface area contributed by atoms with Gasteiger partial charge in [0.2, 0.25) is 0 Å². The van der Waals surface area contributed by atoms with E-state index >= 15 is 0 Å². The second kappa shape index (κ2) is 8.21. The number of rotatable bonds is 8. The van der Waals surface area contributed by atoms with E-state index in [1.54, 1.807) is 11.3 Å². The third-order valence-electron chi connectivity index (χ3n) is 2.50. The van der Waals surface area contributed by atoms with Gasteiger partial charge in [0, 0.05) is 18.5 Å². The van der Waals surface area contributed by atoms with Crippen molar-refractivity contribution >= 4 is 17.3 Å². The van der Waals surface area contributed by atoms with E-state index in [-0.39, 0.29) is 5.97 Å². The lowest BCUT2D eigenvalue weighted by molar-refractivity contribution is -0.143. The van der Waals surface area contributed by atoms with Crippen LogP contribution in [0.25, 0.3) is 0 Å². The van der Waals surface area contributed by atoms with Crippen LogP contribution < -0.4 is 0 Å². The number of aryl methyl sites for hydroxylation is 1. The first kappa shape index (κ1) is 15.1. The molecule has 0 aliphatic carbocycles. The van der Waals surface area contributed by atoms with Crippen LogP contribution in [-0.4, -0.2) is 36.1 Å². The van der Waals surface area contributed by atoms with Gasteiger partial charge in [-0.1, -0.05) is 6.92 Å². The summed E-state index contributed by atoms with van der Waals surface area (Å²) >= 11 is 1.72. The van der Waals surface area contributed by atoms with Gasteiger partial charge in [0.1, 0.15) is 0 Å². The molecule has 0 unspecified atom stereocenters.